The van der Waals surface area contributed by atoms with Gasteiger partial charge in [0, 0.05) is 42.0 Å². The van der Waals surface area contributed by atoms with Gasteiger partial charge < -0.3 is 10.6 Å². The van der Waals surface area contributed by atoms with Crippen molar-refractivity contribution < 1.29 is 0 Å². The number of pyridine rings is 2. The molecule has 0 amide bonds. The molecule has 1 saturated carbocycles. The monoisotopic (exact) mass is 475 g/mol. The van der Waals surface area contributed by atoms with Crippen LogP contribution in [0.1, 0.15) is 36.6 Å². The van der Waals surface area contributed by atoms with Crippen molar-refractivity contribution in [2.75, 3.05) is 25.4 Å². The molecule has 0 unspecified atom stereocenters. The SMILES string of the molecule is Cc1cc(-c2ccccn2)nc2cc(-c3nc(C4CC(CN5CCC5)C4)n4ccnc(N)c34)ccc12. The average molecular weight is 476 g/mol. The Bertz CT molecular complexity index is 1580. The number of imidazole rings is 1. The molecule has 2 N–H and O–H groups in total. The number of rotatable bonds is 5. The van der Waals surface area contributed by atoms with Crippen LogP contribution in [0.5, 0.6) is 0 Å². The molecule has 7 nitrogen and oxygen atoms in total. The molecular formula is C29H29N7. The van der Waals surface area contributed by atoms with Crippen LogP contribution in [0.25, 0.3) is 39.1 Å². The molecule has 0 spiro atoms. The molecule has 1 aliphatic carbocycles. The van der Waals surface area contributed by atoms with E-state index in [-0.39, 0.29) is 0 Å². The number of nitrogens with two attached hydrogens (primary N) is 1. The Morgan fingerprint density at radius 1 is 0.972 bits per heavy atom. The Morgan fingerprint density at radius 2 is 1.86 bits per heavy atom. The van der Waals surface area contributed by atoms with E-state index in [9.17, 15) is 0 Å². The number of anilines is 1. The van der Waals surface area contributed by atoms with E-state index in [4.69, 9.17) is 15.7 Å². The summed E-state index contributed by atoms with van der Waals surface area (Å²) in [4.78, 5) is 21.6. The number of nitrogens with zero attached hydrogens (tertiary/aromatic N) is 6. The Balaban J connectivity index is 1.29. The van der Waals surface area contributed by atoms with Gasteiger partial charge in [0.15, 0.2) is 0 Å². The highest BCUT2D eigenvalue weighted by Crippen LogP contribution is 2.44. The summed E-state index contributed by atoms with van der Waals surface area (Å²) in [5.41, 5.74) is 13.0. The summed E-state index contributed by atoms with van der Waals surface area (Å²) >= 11 is 0. The van der Waals surface area contributed by atoms with E-state index in [1.807, 2.05) is 24.4 Å². The van der Waals surface area contributed by atoms with E-state index >= 15 is 0 Å². The molecule has 1 aromatic carbocycles. The van der Waals surface area contributed by atoms with Gasteiger partial charge >= 0.3 is 0 Å². The molecular weight excluding hydrogens is 446 g/mol. The normalized spacial score (nSPS) is 19.9. The zero-order chi connectivity index (χ0) is 24.2. The van der Waals surface area contributed by atoms with Crippen molar-refractivity contribution in [3.8, 4) is 22.6 Å². The van der Waals surface area contributed by atoms with Gasteiger partial charge in [-0.15, -0.1) is 0 Å². The van der Waals surface area contributed by atoms with E-state index in [0.717, 1.165) is 50.8 Å². The lowest BCUT2D eigenvalue weighted by Gasteiger charge is -2.41. The molecule has 2 aliphatic rings. The second kappa shape index (κ2) is 8.38. The molecule has 5 heterocycles. The number of nitrogen functional groups attached to an aromatic ring is 1. The standard InChI is InChI=1S/C29H29N7/c1-18-13-25(23-5-2-3-8-31-23)33-24-16-20(6-7-22(18)24)26-27-28(30)32-9-12-36(27)29(34-26)21-14-19(15-21)17-35-10-4-11-35/h2-3,5-9,12-13,16,19,21H,4,10-11,14-15,17H2,1H3,(H2,30,32). The minimum Gasteiger partial charge on any atom is -0.382 e. The van der Waals surface area contributed by atoms with Crippen molar-refractivity contribution in [2.45, 2.75) is 32.1 Å². The van der Waals surface area contributed by atoms with Crippen LogP contribution in [0.15, 0.2) is 61.1 Å². The maximum absolute atomic E-state index is 6.42. The predicted molar refractivity (Wildman–Crippen MR) is 143 cm³/mol. The molecule has 0 atom stereocenters. The summed E-state index contributed by atoms with van der Waals surface area (Å²) in [6, 6.07) is 14.4. The van der Waals surface area contributed by atoms with Gasteiger partial charge in [0.25, 0.3) is 0 Å². The van der Waals surface area contributed by atoms with Gasteiger partial charge in [-0.1, -0.05) is 18.2 Å². The van der Waals surface area contributed by atoms with Gasteiger partial charge in [-0.25, -0.2) is 15.0 Å². The molecule has 180 valence electrons. The highest BCUT2D eigenvalue weighted by Gasteiger charge is 2.36. The Morgan fingerprint density at radius 3 is 2.64 bits per heavy atom. The second-order valence-corrected chi connectivity index (χ2v) is 10.3. The van der Waals surface area contributed by atoms with Crippen LogP contribution in [0, 0.1) is 12.8 Å². The number of likely N-dealkylation sites (tertiary alicyclic amines) is 1. The quantitative estimate of drug-likeness (QED) is 0.381. The van der Waals surface area contributed by atoms with Crippen LogP contribution < -0.4 is 5.73 Å². The highest BCUT2D eigenvalue weighted by molar-refractivity contribution is 5.92. The maximum atomic E-state index is 6.42. The van der Waals surface area contributed by atoms with Gasteiger partial charge in [-0.05, 0) is 75.0 Å². The first-order chi connectivity index (χ1) is 17.6. The van der Waals surface area contributed by atoms with Crippen LogP contribution in [0.2, 0.25) is 0 Å². The molecule has 0 radical (unpaired) electrons. The number of benzene rings is 1. The molecule has 7 heteroatoms. The average Bonchev–Trinajstić information content (AvgIpc) is 3.23. The van der Waals surface area contributed by atoms with Crippen LogP contribution in [0.3, 0.4) is 0 Å². The third-order valence-corrected chi connectivity index (χ3v) is 7.89. The lowest BCUT2D eigenvalue weighted by atomic mass is 9.74. The zero-order valence-electron chi connectivity index (χ0n) is 20.4. The zero-order valence-corrected chi connectivity index (χ0v) is 20.4. The van der Waals surface area contributed by atoms with Crippen molar-refractivity contribution in [3.63, 3.8) is 0 Å². The lowest BCUT2D eigenvalue weighted by molar-refractivity contribution is 0.107. The molecule has 1 saturated heterocycles. The van der Waals surface area contributed by atoms with Crippen molar-refractivity contribution in [1.82, 2.24) is 29.2 Å². The molecule has 1 aliphatic heterocycles. The first kappa shape index (κ1) is 21.4. The Kier molecular flexibility index (Phi) is 4.99. The molecule has 36 heavy (non-hydrogen) atoms. The van der Waals surface area contributed by atoms with Gasteiger partial charge in [-0.3, -0.25) is 9.38 Å². The van der Waals surface area contributed by atoms with Crippen molar-refractivity contribution >= 4 is 22.2 Å². The molecule has 4 aromatic heterocycles. The second-order valence-electron chi connectivity index (χ2n) is 10.3. The largest absolute Gasteiger partial charge is 0.382 e. The van der Waals surface area contributed by atoms with Gasteiger partial charge in [-0.2, -0.15) is 0 Å². The molecule has 0 bridgehead atoms. The minimum atomic E-state index is 0.455. The Hall–Kier alpha value is -3.84. The predicted octanol–water partition coefficient (Wildman–Crippen LogP) is 5.10. The number of hydrogen-bond donors (Lipinski definition) is 1. The number of aryl methyl sites for hydroxylation is 1. The minimum absolute atomic E-state index is 0.455. The number of fused-ring (bicyclic) bond motifs is 2. The van der Waals surface area contributed by atoms with E-state index in [1.165, 1.54) is 44.5 Å². The molecule has 5 aromatic rings. The van der Waals surface area contributed by atoms with Crippen LogP contribution >= 0.6 is 0 Å². The van der Waals surface area contributed by atoms with Gasteiger partial charge in [0.1, 0.15) is 22.9 Å². The fourth-order valence-corrected chi connectivity index (χ4v) is 5.80. The smallest absolute Gasteiger partial charge is 0.150 e. The van der Waals surface area contributed by atoms with Crippen LogP contribution in [0.4, 0.5) is 5.82 Å². The summed E-state index contributed by atoms with van der Waals surface area (Å²) in [6.45, 7) is 5.87. The third kappa shape index (κ3) is 3.54. The van der Waals surface area contributed by atoms with Crippen molar-refractivity contribution in [2.24, 2.45) is 5.92 Å². The lowest BCUT2D eigenvalue weighted by Crippen LogP contribution is -2.43. The Labute approximate surface area is 210 Å². The highest BCUT2D eigenvalue weighted by atomic mass is 15.2. The molecule has 2 fully saturated rings. The summed E-state index contributed by atoms with van der Waals surface area (Å²) in [5.74, 6) is 2.83. The van der Waals surface area contributed by atoms with Crippen molar-refractivity contribution in [3.05, 3.63) is 72.4 Å². The van der Waals surface area contributed by atoms with Crippen LogP contribution in [-0.2, 0) is 0 Å². The topological polar surface area (TPSA) is 85.2 Å². The van der Waals surface area contributed by atoms with Gasteiger partial charge in [0.05, 0.1) is 16.9 Å². The maximum Gasteiger partial charge on any atom is 0.150 e. The van der Waals surface area contributed by atoms with Gasteiger partial charge in [0.2, 0.25) is 0 Å². The van der Waals surface area contributed by atoms with E-state index < -0.39 is 0 Å². The van der Waals surface area contributed by atoms with E-state index in [2.05, 4.69) is 50.5 Å². The van der Waals surface area contributed by atoms with E-state index in [1.54, 1.807) is 12.4 Å². The summed E-state index contributed by atoms with van der Waals surface area (Å²) in [7, 11) is 0. The molecule has 7 rings (SSSR count). The van der Waals surface area contributed by atoms with Crippen molar-refractivity contribution in [1.29, 1.82) is 0 Å². The number of aromatic nitrogens is 5. The summed E-state index contributed by atoms with van der Waals surface area (Å²) < 4.78 is 2.16. The van der Waals surface area contributed by atoms with E-state index in [0.29, 0.717) is 11.7 Å². The van der Waals surface area contributed by atoms with Crippen LogP contribution in [-0.4, -0.2) is 48.9 Å². The first-order valence-electron chi connectivity index (χ1n) is 12.8. The number of hydrogen-bond acceptors (Lipinski definition) is 6. The fraction of sp³-hybridized carbons (Fsp3) is 0.310. The fourth-order valence-electron chi connectivity index (χ4n) is 5.80. The summed E-state index contributed by atoms with van der Waals surface area (Å²) in [5, 5.41) is 1.13. The summed E-state index contributed by atoms with van der Waals surface area (Å²) in [6.07, 6.45) is 9.30. The first-order valence-corrected chi connectivity index (χ1v) is 12.8. The third-order valence-electron chi connectivity index (χ3n) is 7.89.